The predicted octanol–water partition coefficient (Wildman–Crippen LogP) is 17.2. The lowest BCUT2D eigenvalue weighted by molar-refractivity contribution is 0.356. The van der Waals surface area contributed by atoms with Crippen LogP contribution in [0, 0.1) is 0 Å². The van der Waals surface area contributed by atoms with Crippen molar-refractivity contribution in [2.45, 2.75) is 37.5 Å². The predicted molar refractivity (Wildman–Crippen MR) is 287 cm³/mol. The zero-order valence-corrected chi connectivity index (χ0v) is 39.9. The van der Waals surface area contributed by atoms with Crippen LogP contribution < -0.4 is 28.7 Å². The highest BCUT2D eigenvalue weighted by molar-refractivity contribution is 5.92. The maximum atomic E-state index is 7.35. The summed E-state index contributed by atoms with van der Waals surface area (Å²) in [4.78, 5) is 4.69. The minimum Gasteiger partial charge on any atom is -0.450 e. The topological polar surface area (TPSA) is 43.4 Å². The third kappa shape index (κ3) is 6.08. The van der Waals surface area contributed by atoms with Gasteiger partial charge in [0.05, 0.1) is 22.5 Å². The van der Waals surface area contributed by atoms with E-state index in [1.807, 2.05) is 54.6 Å². The minimum absolute atomic E-state index is 0.483. The molecule has 6 heteroatoms. The van der Waals surface area contributed by atoms with Gasteiger partial charge in [0.2, 0.25) is 0 Å². The Morgan fingerprint density at radius 3 is 1.60 bits per heavy atom. The van der Waals surface area contributed by atoms with Crippen molar-refractivity contribution in [2.75, 3.05) is 9.80 Å². The molecule has 0 atom stereocenters. The first-order chi connectivity index (χ1) is 35.4. The standard InChI is InChI=1S/C66H48N2O4/c1-4-21-54-53(41-67(43-22-7-5-8-23-43)44-24-9-6-10-25-44)65(2,3)50-30-15-16-31-55(50)68(54)56-39-52-47(63-64(56)72-60-35-20-19-34-59(60)71-63)37-36-42-38-61-62(70-58-33-18-17-32-57(58)69-61)40-51(42)66(52)48-28-13-11-26-45(48)46-27-12-14-29-49(46)66/h4-35,38-41H,1,36-37H2,2-3H3/b53-41+,54-21+. The first-order valence-corrected chi connectivity index (χ1v) is 24.7. The highest BCUT2D eigenvalue weighted by Gasteiger charge is 2.52. The maximum Gasteiger partial charge on any atom is 0.194 e. The molecule has 0 saturated carbocycles. The summed E-state index contributed by atoms with van der Waals surface area (Å²) in [6.45, 7) is 9.03. The van der Waals surface area contributed by atoms with Crippen molar-refractivity contribution < 1.29 is 18.9 Å². The minimum atomic E-state index is -0.833. The lowest BCUT2D eigenvalue weighted by Crippen LogP contribution is -2.37. The van der Waals surface area contributed by atoms with Gasteiger partial charge in [-0.1, -0.05) is 154 Å². The maximum absolute atomic E-state index is 7.35. The van der Waals surface area contributed by atoms with Crippen molar-refractivity contribution in [3.8, 4) is 57.1 Å². The summed E-state index contributed by atoms with van der Waals surface area (Å²) in [7, 11) is 0. The number of ether oxygens (including phenoxy) is 4. The van der Waals surface area contributed by atoms with E-state index >= 15 is 0 Å². The molecule has 0 fully saturated rings. The van der Waals surface area contributed by atoms with Gasteiger partial charge >= 0.3 is 0 Å². The van der Waals surface area contributed by atoms with Crippen LogP contribution in [0.3, 0.4) is 0 Å². The zero-order chi connectivity index (χ0) is 48.1. The van der Waals surface area contributed by atoms with E-state index < -0.39 is 10.8 Å². The Kier molecular flexibility index (Phi) is 9.33. The number of allylic oxidation sites excluding steroid dienone is 3. The van der Waals surface area contributed by atoms with Crippen molar-refractivity contribution in [2.24, 2.45) is 0 Å². The van der Waals surface area contributed by atoms with Gasteiger partial charge in [0, 0.05) is 34.1 Å². The largest absolute Gasteiger partial charge is 0.450 e. The number of hydrogen-bond acceptors (Lipinski definition) is 6. The fraction of sp³-hybridized carbons (Fsp3) is 0.0909. The highest BCUT2D eigenvalue weighted by Crippen LogP contribution is 2.65. The van der Waals surface area contributed by atoms with Gasteiger partial charge in [-0.3, -0.25) is 0 Å². The lowest BCUT2D eigenvalue weighted by Gasteiger charge is -2.46. The number of anilines is 4. The number of benzene rings is 9. The van der Waals surface area contributed by atoms with Crippen LogP contribution in [-0.2, 0) is 23.7 Å². The highest BCUT2D eigenvalue weighted by atomic mass is 16.6. The molecular weight excluding hydrogens is 885 g/mol. The van der Waals surface area contributed by atoms with Crippen LogP contribution in [-0.4, -0.2) is 0 Å². The van der Waals surface area contributed by atoms with Gasteiger partial charge in [-0.2, -0.15) is 0 Å². The number of rotatable bonds is 5. The summed E-state index contributed by atoms with van der Waals surface area (Å²) < 4.78 is 28.1. The molecule has 1 spiro atoms. The third-order valence-corrected chi connectivity index (χ3v) is 15.3. The van der Waals surface area contributed by atoms with Crippen LogP contribution in [0.4, 0.5) is 22.7 Å². The molecule has 14 rings (SSSR count). The molecule has 5 aliphatic rings. The van der Waals surface area contributed by atoms with E-state index in [2.05, 4.69) is 194 Å². The van der Waals surface area contributed by atoms with E-state index in [-0.39, 0.29) is 0 Å². The van der Waals surface area contributed by atoms with Gasteiger partial charge in [-0.05, 0) is 136 Å². The zero-order valence-electron chi connectivity index (χ0n) is 39.9. The molecule has 0 bridgehead atoms. The van der Waals surface area contributed by atoms with Crippen LogP contribution in [0.2, 0.25) is 0 Å². The second-order valence-corrected chi connectivity index (χ2v) is 19.5. The van der Waals surface area contributed by atoms with Crippen molar-refractivity contribution >= 4 is 22.7 Å². The number of hydrogen-bond donors (Lipinski definition) is 0. The van der Waals surface area contributed by atoms with Crippen molar-refractivity contribution in [1.82, 2.24) is 0 Å². The van der Waals surface area contributed by atoms with Gasteiger partial charge < -0.3 is 28.7 Å². The van der Waals surface area contributed by atoms with Crippen LogP contribution >= 0.6 is 0 Å². The molecular formula is C66H48N2O4. The van der Waals surface area contributed by atoms with Gasteiger partial charge in [-0.15, -0.1) is 0 Å². The van der Waals surface area contributed by atoms with Crippen molar-refractivity contribution in [3.63, 3.8) is 0 Å². The SMILES string of the molecule is C=C/C=C1\C(=C/N(c2ccccc2)c2ccccc2)C(C)(C)c2ccccc2N1c1cc2c(c3c1Oc1ccccc1O3)CCc1cc3c(cc1C21c2ccccc2-c2ccccc21)Oc1ccccc1O3. The molecule has 3 aliphatic heterocycles. The average molecular weight is 933 g/mol. The normalized spacial score (nSPS) is 16.6. The van der Waals surface area contributed by atoms with E-state index in [1.54, 1.807) is 0 Å². The Morgan fingerprint density at radius 1 is 0.472 bits per heavy atom. The Morgan fingerprint density at radius 2 is 0.986 bits per heavy atom. The van der Waals surface area contributed by atoms with Gasteiger partial charge in [0.1, 0.15) is 0 Å². The summed E-state index contributed by atoms with van der Waals surface area (Å²) in [5.41, 5.74) is 15.2. The molecule has 0 radical (unpaired) electrons. The van der Waals surface area contributed by atoms with Gasteiger partial charge in [0.25, 0.3) is 0 Å². The summed E-state index contributed by atoms with van der Waals surface area (Å²) in [5.74, 6) is 5.47. The Balaban J connectivity index is 1.09. The van der Waals surface area contributed by atoms with E-state index in [0.29, 0.717) is 58.8 Å². The van der Waals surface area contributed by atoms with Crippen LogP contribution in [0.5, 0.6) is 46.0 Å². The van der Waals surface area contributed by atoms with E-state index in [1.165, 1.54) is 33.4 Å². The number of aryl methyl sites for hydroxylation is 1. The second-order valence-electron chi connectivity index (χ2n) is 19.5. The number of para-hydroxylation sites is 7. The number of nitrogens with zero attached hydrogens (tertiary/aromatic N) is 2. The molecule has 6 nitrogen and oxygen atoms in total. The summed E-state index contributed by atoms with van der Waals surface area (Å²) in [6.07, 6.45) is 7.76. The fourth-order valence-electron chi connectivity index (χ4n) is 12.1. The molecule has 3 heterocycles. The van der Waals surface area contributed by atoms with E-state index in [4.69, 9.17) is 18.9 Å². The Labute approximate surface area is 419 Å². The summed E-state index contributed by atoms with van der Waals surface area (Å²) >= 11 is 0. The van der Waals surface area contributed by atoms with Crippen molar-refractivity contribution in [1.29, 1.82) is 0 Å². The average Bonchev–Trinajstić information content (AvgIpc) is 3.64. The molecule has 0 amide bonds. The van der Waals surface area contributed by atoms with Crippen LogP contribution in [0.1, 0.15) is 52.8 Å². The van der Waals surface area contributed by atoms with Gasteiger partial charge in [-0.25, -0.2) is 0 Å². The summed E-state index contributed by atoms with van der Waals surface area (Å²) in [5, 5.41) is 0. The van der Waals surface area contributed by atoms with E-state index in [0.717, 1.165) is 50.7 Å². The van der Waals surface area contributed by atoms with E-state index in [9.17, 15) is 0 Å². The molecule has 0 N–H and O–H groups in total. The Hall–Kier alpha value is -9.00. The lowest BCUT2D eigenvalue weighted by atomic mass is 9.65. The molecule has 2 aliphatic carbocycles. The first kappa shape index (κ1) is 41.9. The Bertz CT molecular complexity index is 3690. The smallest absolute Gasteiger partial charge is 0.194 e. The monoisotopic (exact) mass is 932 g/mol. The molecule has 9 aromatic rings. The summed E-state index contributed by atoms with van der Waals surface area (Å²) in [6, 6.07) is 70.6. The van der Waals surface area contributed by atoms with Crippen LogP contribution in [0.15, 0.2) is 236 Å². The molecule has 72 heavy (non-hydrogen) atoms. The molecule has 0 unspecified atom stereocenters. The molecule has 346 valence electrons. The second kappa shape index (κ2) is 16.0. The van der Waals surface area contributed by atoms with Gasteiger partial charge in [0.15, 0.2) is 46.0 Å². The third-order valence-electron chi connectivity index (χ3n) is 15.3. The molecule has 0 saturated heterocycles. The molecule has 9 aromatic carbocycles. The van der Waals surface area contributed by atoms with Crippen LogP contribution in [0.25, 0.3) is 11.1 Å². The fourth-order valence-corrected chi connectivity index (χ4v) is 12.1. The van der Waals surface area contributed by atoms with Crippen molar-refractivity contribution in [3.05, 3.63) is 275 Å². The quantitative estimate of drug-likeness (QED) is 0.171. The molecule has 0 aromatic heterocycles. The first-order valence-electron chi connectivity index (χ1n) is 24.7. The number of fused-ring (bicyclic) bond motifs is 15.